The number of benzene rings is 3. The lowest BCUT2D eigenvalue weighted by Gasteiger charge is -2.36. The second kappa shape index (κ2) is 11.9. The molecule has 2 aliphatic rings. The Hall–Kier alpha value is -4.27. The van der Waals surface area contributed by atoms with Crippen LogP contribution in [0.2, 0.25) is 0 Å². The van der Waals surface area contributed by atoms with Crippen LogP contribution in [0.1, 0.15) is 84.3 Å². The topological polar surface area (TPSA) is 76.1 Å². The number of carboxylic acids is 1. The number of cyclic esters (lactones) is 1. The molecule has 1 saturated heterocycles. The van der Waals surface area contributed by atoms with E-state index in [4.69, 9.17) is 9.47 Å². The van der Waals surface area contributed by atoms with Crippen LogP contribution in [0.3, 0.4) is 0 Å². The first-order chi connectivity index (χ1) is 21.1. The molecule has 1 amide bonds. The maximum atomic E-state index is 13.6. The average molecular weight is 622 g/mol. The lowest BCUT2D eigenvalue weighted by atomic mass is 9.72. The molecule has 1 aliphatic carbocycles. The Morgan fingerprint density at radius 2 is 1.80 bits per heavy atom. The van der Waals surface area contributed by atoms with E-state index in [9.17, 15) is 27.9 Å². The van der Waals surface area contributed by atoms with Crippen molar-refractivity contribution in [2.45, 2.75) is 72.2 Å². The summed E-state index contributed by atoms with van der Waals surface area (Å²) in [6, 6.07) is 14.2. The van der Waals surface area contributed by atoms with Gasteiger partial charge in [-0.05, 0) is 115 Å². The van der Waals surface area contributed by atoms with E-state index >= 15 is 0 Å². The van der Waals surface area contributed by atoms with E-state index in [2.05, 4.69) is 19.9 Å². The minimum Gasteiger partial charge on any atom is -0.496 e. The molecule has 1 fully saturated rings. The highest BCUT2D eigenvalue weighted by molar-refractivity contribution is 5.89. The Bertz CT molecular complexity index is 1690. The zero-order valence-corrected chi connectivity index (χ0v) is 26.3. The van der Waals surface area contributed by atoms with Gasteiger partial charge in [-0.15, -0.1) is 0 Å². The van der Waals surface area contributed by atoms with Crippen LogP contribution in [0, 0.1) is 19.3 Å². The number of halogens is 3. The first-order valence-electron chi connectivity index (χ1n) is 15.0. The maximum Gasteiger partial charge on any atom is 0.416 e. The molecule has 238 valence electrons. The largest absolute Gasteiger partial charge is 0.496 e. The second-order valence-corrected chi connectivity index (χ2v) is 13.0. The van der Waals surface area contributed by atoms with Crippen LogP contribution >= 0.6 is 0 Å². The number of amides is 1. The van der Waals surface area contributed by atoms with Crippen molar-refractivity contribution < 1.29 is 37.3 Å². The molecule has 0 bridgehead atoms. The highest BCUT2D eigenvalue weighted by Crippen LogP contribution is 2.47. The molecule has 3 aromatic rings. The lowest BCUT2D eigenvalue weighted by Crippen LogP contribution is -2.35. The van der Waals surface area contributed by atoms with Gasteiger partial charge in [0, 0.05) is 12.1 Å². The molecule has 5 rings (SSSR count). The SMILES string of the molecule is COc1ccc(-c2ccc(C(=O)O)cc2C)cc1C1=C(CN2C(=O)O[C@@H](c3cc(C)cc(C(F)(F)F)c3)[C@@H]2C)CC(C)(C)CC1. The van der Waals surface area contributed by atoms with Gasteiger partial charge in [-0.2, -0.15) is 13.2 Å². The minimum atomic E-state index is -4.51. The van der Waals surface area contributed by atoms with Crippen LogP contribution in [0.5, 0.6) is 5.75 Å². The van der Waals surface area contributed by atoms with Gasteiger partial charge in [-0.25, -0.2) is 9.59 Å². The van der Waals surface area contributed by atoms with Crippen LogP contribution < -0.4 is 4.74 Å². The third kappa shape index (κ3) is 6.58. The minimum absolute atomic E-state index is 0.0304. The number of nitrogens with zero attached hydrogens (tertiary/aromatic N) is 1. The number of alkyl halides is 3. The molecule has 2 atom stereocenters. The summed E-state index contributed by atoms with van der Waals surface area (Å²) in [5.41, 5.74) is 5.83. The fourth-order valence-electron chi connectivity index (χ4n) is 6.63. The molecule has 3 aromatic carbocycles. The van der Waals surface area contributed by atoms with E-state index in [1.165, 1.54) is 0 Å². The van der Waals surface area contributed by atoms with Crippen molar-refractivity contribution in [1.82, 2.24) is 4.90 Å². The number of carbonyl (C=O) groups is 2. The second-order valence-electron chi connectivity index (χ2n) is 13.0. The molecule has 1 aliphatic heterocycles. The van der Waals surface area contributed by atoms with E-state index in [0.717, 1.165) is 58.4 Å². The van der Waals surface area contributed by atoms with Gasteiger partial charge in [-0.3, -0.25) is 4.90 Å². The molecule has 0 radical (unpaired) electrons. The summed E-state index contributed by atoms with van der Waals surface area (Å²) in [5, 5.41) is 9.41. The molecule has 1 N–H and O–H groups in total. The Balaban J connectivity index is 1.54. The van der Waals surface area contributed by atoms with Crippen molar-refractivity contribution in [3.63, 3.8) is 0 Å². The molecule has 0 saturated carbocycles. The van der Waals surface area contributed by atoms with Crippen molar-refractivity contribution >= 4 is 17.6 Å². The van der Waals surface area contributed by atoms with Crippen LogP contribution in [0.15, 0.2) is 60.2 Å². The van der Waals surface area contributed by atoms with Gasteiger partial charge >= 0.3 is 18.2 Å². The molecule has 45 heavy (non-hydrogen) atoms. The molecular weight excluding hydrogens is 583 g/mol. The summed E-state index contributed by atoms with van der Waals surface area (Å²) in [5.74, 6) is -0.306. The summed E-state index contributed by atoms with van der Waals surface area (Å²) in [7, 11) is 1.61. The predicted molar refractivity (Wildman–Crippen MR) is 166 cm³/mol. The number of hydrogen-bond acceptors (Lipinski definition) is 4. The fraction of sp³-hybridized carbons (Fsp3) is 0.389. The monoisotopic (exact) mass is 621 g/mol. The summed E-state index contributed by atoms with van der Waals surface area (Å²) in [6.45, 7) is 9.93. The summed E-state index contributed by atoms with van der Waals surface area (Å²) < 4.78 is 52.3. The number of hydrogen-bond donors (Lipinski definition) is 1. The molecule has 9 heteroatoms. The van der Waals surface area contributed by atoms with Crippen molar-refractivity contribution in [3.8, 4) is 16.9 Å². The number of ether oxygens (including phenoxy) is 2. The number of carbonyl (C=O) groups excluding carboxylic acids is 1. The molecule has 0 spiro atoms. The normalized spacial score (nSPS) is 19.9. The number of aromatic carboxylic acids is 1. The maximum absolute atomic E-state index is 13.6. The van der Waals surface area contributed by atoms with E-state index < -0.39 is 35.9 Å². The lowest BCUT2D eigenvalue weighted by molar-refractivity contribution is -0.137. The zero-order valence-electron chi connectivity index (χ0n) is 26.3. The molecule has 0 unspecified atom stereocenters. The highest BCUT2D eigenvalue weighted by atomic mass is 19.4. The Labute approximate surface area is 261 Å². The third-order valence-electron chi connectivity index (χ3n) is 8.99. The Morgan fingerprint density at radius 3 is 2.44 bits per heavy atom. The van der Waals surface area contributed by atoms with Crippen molar-refractivity contribution in [2.75, 3.05) is 13.7 Å². The third-order valence-corrected chi connectivity index (χ3v) is 8.99. The van der Waals surface area contributed by atoms with Gasteiger partial charge in [0.25, 0.3) is 0 Å². The van der Waals surface area contributed by atoms with E-state index in [0.29, 0.717) is 23.3 Å². The first kappa shape index (κ1) is 32.1. The van der Waals surface area contributed by atoms with Crippen LogP contribution in [-0.2, 0) is 10.9 Å². The number of aryl methyl sites for hydroxylation is 2. The number of allylic oxidation sites excluding steroid dienone is 1. The van der Waals surface area contributed by atoms with Gasteiger partial charge in [0.05, 0.1) is 24.3 Å². The quantitative estimate of drug-likeness (QED) is 0.285. The van der Waals surface area contributed by atoms with Gasteiger partial charge in [0.1, 0.15) is 11.9 Å². The standard InChI is InChI=1S/C36H38F3NO5/c1-20-13-25(16-27(14-20)36(37,38)39)32-22(3)40(34(43)45-32)19-26-18-35(4,5)12-11-29(26)30-17-23(8-10-31(30)44-6)28-9-7-24(33(41)42)15-21(28)2/h7-10,13-17,22,32H,11-12,18-19H2,1-6H3,(H,41,42)/t22-,32+/m0/s1. The summed E-state index contributed by atoms with van der Waals surface area (Å²) >= 11 is 0. The van der Waals surface area contributed by atoms with Gasteiger partial charge in [0.2, 0.25) is 0 Å². The van der Waals surface area contributed by atoms with Crippen molar-refractivity contribution in [1.29, 1.82) is 0 Å². The number of carboxylic acid groups (broad SMARTS) is 1. The van der Waals surface area contributed by atoms with Crippen molar-refractivity contribution in [3.05, 3.63) is 93.6 Å². The van der Waals surface area contributed by atoms with Crippen LogP contribution in [-0.4, -0.2) is 41.8 Å². The average Bonchev–Trinajstić information content (AvgIpc) is 3.24. The zero-order chi connectivity index (χ0) is 32.8. The summed E-state index contributed by atoms with van der Waals surface area (Å²) in [4.78, 5) is 26.4. The molecular formula is C36H38F3NO5. The van der Waals surface area contributed by atoms with Gasteiger partial charge < -0.3 is 14.6 Å². The predicted octanol–water partition coefficient (Wildman–Crippen LogP) is 9.24. The van der Waals surface area contributed by atoms with Crippen molar-refractivity contribution in [2.24, 2.45) is 5.41 Å². The summed E-state index contributed by atoms with van der Waals surface area (Å²) in [6.07, 6.45) is -3.54. The smallest absolute Gasteiger partial charge is 0.416 e. The van der Waals surface area contributed by atoms with E-state index in [1.807, 2.05) is 26.0 Å². The number of methoxy groups -OCH3 is 1. The van der Waals surface area contributed by atoms with E-state index in [1.54, 1.807) is 43.2 Å². The molecule has 0 aromatic heterocycles. The molecule has 6 nitrogen and oxygen atoms in total. The first-order valence-corrected chi connectivity index (χ1v) is 15.0. The molecule has 1 heterocycles. The van der Waals surface area contributed by atoms with Gasteiger partial charge in [0.15, 0.2) is 0 Å². The Kier molecular flexibility index (Phi) is 8.51. The van der Waals surface area contributed by atoms with Gasteiger partial charge in [-0.1, -0.05) is 37.6 Å². The fourth-order valence-corrected chi connectivity index (χ4v) is 6.63. The van der Waals surface area contributed by atoms with E-state index in [-0.39, 0.29) is 17.5 Å². The van der Waals surface area contributed by atoms with Crippen LogP contribution in [0.25, 0.3) is 16.7 Å². The highest BCUT2D eigenvalue weighted by Gasteiger charge is 2.42. The number of rotatable bonds is 7. The Morgan fingerprint density at radius 1 is 1.07 bits per heavy atom. The van der Waals surface area contributed by atoms with Crippen LogP contribution in [0.4, 0.5) is 18.0 Å².